The quantitative estimate of drug-likeness (QED) is 0.726. The zero-order valence-electron chi connectivity index (χ0n) is 6.56. The molecule has 1 atom stereocenters. The van der Waals surface area contributed by atoms with Crippen LogP contribution in [0.15, 0.2) is 30.8 Å². The smallest absolute Gasteiger partial charge is 0.157 e. The van der Waals surface area contributed by atoms with E-state index in [-0.39, 0.29) is 5.75 Å². The second-order valence-electron chi connectivity index (χ2n) is 2.41. The van der Waals surface area contributed by atoms with E-state index in [9.17, 15) is 4.21 Å². The van der Waals surface area contributed by atoms with Gasteiger partial charge < -0.3 is 4.55 Å². The first kappa shape index (κ1) is 9.16. The summed E-state index contributed by atoms with van der Waals surface area (Å²) >= 11 is -1.75. The van der Waals surface area contributed by atoms with Gasteiger partial charge in [-0.1, -0.05) is 36.9 Å². The van der Waals surface area contributed by atoms with E-state index < -0.39 is 11.1 Å². The Morgan fingerprint density at radius 3 is 2.42 bits per heavy atom. The first-order valence-electron chi connectivity index (χ1n) is 3.51. The molecule has 1 aromatic carbocycles. The average Bonchev–Trinajstić information content (AvgIpc) is 2.05. The topological polar surface area (TPSA) is 37.3 Å². The Kier molecular flexibility index (Phi) is 3.19. The summed E-state index contributed by atoms with van der Waals surface area (Å²) in [6.45, 7) is 3.61. The largest absolute Gasteiger partial charge is 0.306 e. The standard InChI is InChI=1S/C9H10O2S/c1-2-8-3-5-9(6-4-8)7-12(10)11/h2-6H,1,7H2,(H,10,11). The Morgan fingerprint density at radius 2 is 2.00 bits per heavy atom. The molecule has 0 saturated carbocycles. The summed E-state index contributed by atoms with van der Waals surface area (Å²) in [6, 6.07) is 7.39. The molecular weight excluding hydrogens is 172 g/mol. The minimum Gasteiger partial charge on any atom is -0.306 e. The molecular formula is C9H10O2S. The molecule has 0 aliphatic carbocycles. The summed E-state index contributed by atoms with van der Waals surface area (Å²) in [6.07, 6.45) is 1.74. The van der Waals surface area contributed by atoms with Gasteiger partial charge in [0.25, 0.3) is 0 Å². The van der Waals surface area contributed by atoms with Crippen molar-refractivity contribution >= 4 is 17.2 Å². The van der Waals surface area contributed by atoms with Crippen LogP contribution < -0.4 is 0 Å². The van der Waals surface area contributed by atoms with Crippen molar-refractivity contribution in [3.05, 3.63) is 42.0 Å². The van der Waals surface area contributed by atoms with Gasteiger partial charge in [0.15, 0.2) is 11.1 Å². The van der Waals surface area contributed by atoms with Crippen LogP contribution in [0.4, 0.5) is 0 Å². The van der Waals surface area contributed by atoms with Crippen LogP contribution in [0, 0.1) is 0 Å². The predicted molar refractivity (Wildman–Crippen MR) is 51.0 cm³/mol. The Labute approximate surface area is 74.2 Å². The van der Waals surface area contributed by atoms with Crippen molar-refractivity contribution in [3.8, 4) is 0 Å². The molecule has 0 radical (unpaired) electrons. The fourth-order valence-electron chi connectivity index (χ4n) is 0.893. The number of benzene rings is 1. The highest BCUT2D eigenvalue weighted by atomic mass is 32.2. The van der Waals surface area contributed by atoms with Crippen LogP contribution in [0.2, 0.25) is 0 Å². The van der Waals surface area contributed by atoms with Crippen molar-refractivity contribution < 1.29 is 8.76 Å². The summed E-state index contributed by atoms with van der Waals surface area (Å²) < 4.78 is 19.0. The van der Waals surface area contributed by atoms with Gasteiger partial charge in [0.1, 0.15) is 0 Å². The SMILES string of the molecule is C=Cc1ccc(CS(=O)O)cc1. The van der Waals surface area contributed by atoms with Crippen LogP contribution in [0.5, 0.6) is 0 Å². The summed E-state index contributed by atoms with van der Waals surface area (Å²) in [5.41, 5.74) is 1.88. The van der Waals surface area contributed by atoms with Gasteiger partial charge in [0.2, 0.25) is 0 Å². The van der Waals surface area contributed by atoms with Gasteiger partial charge in [0, 0.05) is 0 Å². The molecule has 0 spiro atoms. The maximum Gasteiger partial charge on any atom is 0.157 e. The lowest BCUT2D eigenvalue weighted by atomic mass is 10.1. The molecule has 1 unspecified atom stereocenters. The lowest BCUT2D eigenvalue weighted by molar-refractivity contribution is 0.563. The molecule has 2 nitrogen and oxygen atoms in total. The molecule has 12 heavy (non-hydrogen) atoms. The van der Waals surface area contributed by atoms with Crippen LogP contribution in [0.25, 0.3) is 6.08 Å². The Bertz CT molecular complexity index is 290. The molecule has 0 bridgehead atoms. The third-order valence-corrected chi connectivity index (χ3v) is 2.09. The zero-order chi connectivity index (χ0) is 8.97. The maximum absolute atomic E-state index is 10.4. The van der Waals surface area contributed by atoms with Gasteiger partial charge in [-0.25, -0.2) is 4.21 Å². The van der Waals surface area contributed by atoms with Crippen molar-refractivity contribution in [1.82, 2.24) is 0 Å². The van der Waals surface area contributed by atoms with Crippen molar-refractivity contribution in [2.45, 2.75) is 5.75 Å². The molecule has 1 N–H and O–H groups in total. The summed E-state index contributed by atoms with van der Waals surface area (Å²) in [4.78, 5) is 0. The number of hydrogen-bond donors (Lipinski definition) is 1. The lowest BCUT2D eigenvalue weighted by Gasteiger charge is -1.97. The highest BCUT2D eigenvalue weighted by Crippen LogP contribution is 2.06. The highest BCUT2D eigenvalue weighted by molar-refractivity contribution is 7.78. The molecule has 64 valence electrons. The Morgan fingerprint density at radius 1 is 1.42 bits per heavy atom. The monoisotopic (exact) mass is 182 g/mol. The predicted octanol–water partition coefficient (Wildman–Crippen LogP) is 2.05. The summed E-state index contributed by atoms with van der Waals surface area (Å²) in [7, 11) is 0. The van der Waals surface area contributed by atoms with E-state index in [1.54, 1.807) is 6.08 Å². The van der Waals surface area contributed by atoms with Crippen LogP contribution in [-0.2, 0) is 16.8 Å². The van der Waals surface area contributed by atoms with Gasteiger partial charge in [-0.3, -0.25) is 0 Å². The molecule has 0 aliphatic rings. The molecule has 0 aliphatic heterocycles. The Balaban J connectivity index is 2.77. The Hall–Kier alpha value is -0.930. The van der Waals surface area contributed by atoms with Gasteiger partial charge >= 0.3 is 0 Å². The molecule has 0 fully saturated rings. The minimum absolute atomic E-state index is 0.192. The van der Waals surface area contributed by atoms with Crippen LogP contribution in [-0.4, -0.2) is 8.76 Å². The fourth-order valence-corrected chi connectivity index (χ4v) is 1.37. The third-order valence-electron chi connectivity index (χ3n) is 1.51. The molecule has 3 heteroatoms. The summed E-state index contributed by atoms with van der Waals surface area (Å²) in [5.74, 6) is 0.192. The second-order valence-corrected chi connectivity index (χ2v) is 3.34. The number of rotatable bonds is 3. The van der Waals surface area contributed by atoms with Crippen LogP contribution in [0.1, 0.15) is 11.1 Å². The normalized spacial score (nSPS) is 12.4. The molecule has 1 rings (SSSR count). The van der Waals surface area contributed by atoms with Crippen molar-refractivity contribution in [2.75, 3.05) is 0 Å². The van der Waals surface area contributed by atoms with Gasteiger partial charge in [0.05, 0.1) is 5.75 Å². The first-order chi connectivity index (χ1) is 5.72. The van der Waals surface area contributed by atoms with E-state index >= 15 is 0 Å². The average molecular weight is 182 g/mol. The first-order valence-corrected chi connectivity index (χ1v) is 4.79. The van der Waals surface area contributed by atoms with E-state index in [4.69, 9.17) is 4.55 Å². The van der Waals surface area contributed by atoms with Crippen LogP contribution in [0.3, 0.4) is 0 Å². The molecule has 1 aromatic rings. The summed E-state index contributed by atoms with van der Waals surface area (Å²) in [5, 5.41) is 0. The van der Waals surface area contributed by atoms with Gasteiger partial charge in [-0.05, 0) is 11.1 Å². The highest BCUT2D eigenvalue weighted by Gasteiger charge is 1.96. The molecule has 0 amide bonds. The lowest BCUT2D eigenvalue weighted by Crippen LogP contribution is -1.92. The zero-order valence-corrected chi connectivity index (χ0v) is 7.38. The molecule has 0 heterocycles. The maximum atomic E-state index is 10.4. The number of hydrogen-bond acceptors (Lipinski definition) is 1. The second kappa shape index (κ2) is 4.18. The third kappa shape index (κ3) is 2.60. The van der Waals surface area contributed by atoms with Crippen LogP contribution >= 0.6 is 0 Å². The van der Waals surface area contributed by atoms with E-state index in [1.807, 2.05) is 24.3 Å². The minimum atomic E-state index is -1.75. The van der Waals surface area contributed by atoms with Gasteiger partial charge in [-0.2, -0.15) is 0 Å². The molecule has 0 aromatic heterocycles. The van der Waals surface area contributed by atoms with Crippen molar-refractivity contribution in [1.29, 1.82) is 0 Å². The van der Waals surface area contributed by atoms with E-state index in [2.05, 4.69) is 6.58 Å². The molecule has 0 saturated heterocycles. The van der Waals surface area contributed by atoms with Crippen molar-refractivity contribution in [2.24, 2.45) is 0 Å². The van der Waals surface area contributed by atoms with E-state index in [1.165, 1.54) is 0 Å². The van der Waals surface area contributed by atoms with E-state index in [0.29, 0.717) is 0 Å². The van der Waals surface area contributed by atoms with E-state index in [0.717, 1.165) is 11.1 Å². The fraction of sp³-hybridized carbons (Fsp3) is 0.111. The van der Waals surface area contributed by atoms with Gasteiger partial charge in [-0.15, -0.1) is 0 Å². The van der Waals surface area contributed by atoms with Crippen molar-refractivity contribution in [3.63, 3.8) is 0 Å².